The molecule has 2 heterocycles. The number of nitrogens with one attached hydrogen (secondary N) is 2. The van der Waals surface area contributed by atoms with Crippen LogP contribution in [-0.4, -0.2) is 46.2 Å². The zero-order valence-corrected chi connectivity index (χ0v) is 21.4. The Hall–Kier alpha value is -3.51. The summed E-state index contributed by atoms with van der Waals surface area (Å²) in [5.74, 6) is -0.260. The SMILES string of the molecule is CNC(=O)c1ccc(Oc2cc(C3(O)C(C)CCCC3C)nc(NS(=O)(=O)c3cnn(C)c3)n2)cc1. The average molecular weight is 515 g/mol. The summed E-state index contributed by atoms with van der Waals surface area (Å²) >= 11 is 0. The van der Waals surface area contributed by atoms with E-state index in [1.54, 1.807) is 38.4 Å². The molecule has 1 fully saturated rings. The molecule has 1 aliphatic carbocycles. The van der Waals surface area contributed by atoms with E-state index in [2.05, 4.69) is 25.1 Å². The first-order valence-corrected chi connectivity index (χ1v) is 13.1. The van der Waals surface area contributed by atoms with Crippen molar-refractivity contribution in [1.82, 2.24) is 25.1 Å². The van der Waals surface area contributed by atoms with Crippen molar-refractivity contribution < 1.29 is 23.1 Å². The van der Waals surface area contributed by atoms with Gasteiger partial charge in [-0.3, -0.25) is 9.48 Å². The van der Waals surface area contributed by atoms with Crippen LogP contribution in [0.15, 0.2) is 47.6 Å². The third kappa shape index (κ3) is 5.05. The molecule has 3 N–H and O–H groups in total. The molecule has 1 amide bonds. The summed E-state index contributed by atoms with van der Waals surface area (Å²) in [4.78, 5) is 20.5. The van der Waals surface area contributed by atoms with Crippen LogP contribution in [0.1, 0.15) is 49.2 Å². The standard InChI is InChI=1S/C24H30N6O5S/c1-15-6-5-7-16(2)24(15,32)20-12-21(35-18-10-8-17(9-11-18)22(31)25-3)28-23(27-20)29-36(33,34)19-13-26-30(4)14-19/h8-16,32H,5-7H2,1-4H3,(H,25,31)(H,27,28,29). The molecule has 36 heavy (non-hydrogen) atoms. The summed E-state index contributed by atoms with van der Waals surface area (Å²) in [6, 6.07) is 7.94. The van der Waals surface area contributed by atoms with E-state index in [-0.39, 0.29) is 40.2 Å². The van der Waals surface area contributed by atoms with Gasteiger partial charge in [0.15, 0.2) is 0 Å². The maximum absolute atomic E-state index is 12.9. The number of amides is 1. The monoisotopic (exact) mass is 514 g/mol. The van der Waals surface area contributed by atoms with E-state index < -0.39 is 15.6 Å². The van der Waals surface area contributed by atoms with E-state index in [4.69, 9.17) is 4.74 Å². The van der Waals surface area contributed by atoms with Crippen LogP contribution in [0.2, 0.25) is 0 Å². The van der Waals surface area contributed by atoms with Crippen LogP contribution < -0.4 is 14.8 Å². The number of hydrogen-bond donors (Lipinski definition) is 3. The van der Waals surface area contributed by atoms with Crippen molar-refractivity contribution >= 4 is 21.9 Å². The molecule has 1 aliphatic rings. The highest BCUT2D eigenvalue weighted by Gasteiger charge is 2.45. The fourth-order valence-electron chi connectivity index (χ4n) is 4.55. The second kappa shape index (κ2) is 9.86. The Balaban J connectivity index is 1.73. The molecule has 1 saturated carbocycles. The van der Waals surface area contributed by atoms with Crippen molar-refractivity contribution in [2.24, 2.45) is 18.9 Å². The Bertz CT molecular complexity index is 1350. The maximum atomic E-state index is 12.9. The lowest BCUT2D eigenvalue weighted by molar-refractivity contribution is -0.0926. The van der Waals surface area contributed by atoms with Gasteiger partial charge in [0.2, 0.25) is 11.8 Å². The number of rotatable bonds is 7. The van der Waals surface area contributed by atoms with Gasteiger partial charge in [0.1, 0.15) is 16.2 Å². The molecule has 4 rings (SSSR count). The Kier molecular flexibility index (Phi) is 7.01. The zero-order chi connectivity index (χ0) is 26.1. The quantitative estimate of drug-likeness (QED) is 0.436. The van der Waals surface area contributed by atoms with E-state index in [1.165, 1.54) is 23.1 Å². The first kappa shape index (κ1) is 25.6. The van der Waals surface area contributed by atoms with Crippen molar-refractivity contribution in [2.45, 2.75) is 43.6 Å². The minimum absolute atomic E-state index is 0.0509. The lowest BCUT2D eigenvalue weighted by Crippen LogP contribution is -2.43. The van der Waals surface area contributed by atoms with Gasteiger partial charge < -0.3 is 15.2 Å². The molecule has 0 radical (unpaired) electrons. The fourth-order valence-corrected chi connectivity index (χ4v) is 5.47. The highest BCUT2D eigenvalue weighted by Crippen LogP contribution is 2.45. The molecule has 0 spiro atoms. The maximum Gasteiger partial charge on any atom is 0.267 e. The third-order valence-electron chi connectivity index (χ3n) is 6.67. The number of ether oxygens (including phenoxy) is 1. The number of anilines is 1. The molecular formula is C24H30N6O5S. The summed E-state index contributed by atoms with van der Waals surface area (Å²) in [5, 5.41) is 18.2. The Morgan fingerprint density at radius 2 is 1.83 bits per heavy atom. The van der Waals surface area contributed by atoms with E-state index in [1.807, 2.05) is 13.8 Å². The number of hydrogen-bond acceptors (Lipinski definition) is 8. The van der Waals surface area contributed by atoms with Gasteiger partial charge in [0, 0.05) is 31.9 Å². The summed E-state index contributed by atoms with van der Waals surface area (Å²) in [6.45, 7) is 3.91. The lowest BCUT2D eigenvalue weighted by atomic mass is 9.68. The van der Waals surface area contributed by atoms with E-state index in [0.29, 0.717) is 11.3 Å². The number of aliphatic hydroxyl groups is 1. The molecule has 12 heteroatoms. The number of carbonyl (C=O) groups excluding carboxylic acids is 1. The van der Waals surface area contributed by atoms with Crippen LogP contribution in [0.4, 0.5) is 5.95 Å². The minimum Gasteiger partial charge on any atom is -0.439 e. The molecule has 1 aromatic carbocycles. The van der Waals surface area contributed by atoms with E-state index in [0.717, 1.165) is 19.3 Å². The van der Waals surface area contributed by atoms with Gasteiger partial charge in [0.05, 0.1) is 11.9 Å². The summed E-state index contributed by atoms with van der Waals surface area (Å²) < 4.78 is 35.5. The van der Waals surface area contributed by atoms with Crippen LogP contribution in [0.3, 0.4) is 0 Å². The topological polar surface area (TPSA) is 148 Å². The van der Waals surface area contributed by atoms with Gasteiger partial charge in [-0.05, 0) is 48.9 Å². The van der Waals surface area contributed by atoms with Crippen molar-refractivity contribution in [3.05, 3.63) is 54.0 Å². The molecule has 2 atom stereocenters. The third-order valence-corrected chi connectivity index (χ3v) is 7.96. The van der Waals surface area contributed by atoms with Crippen LogP contribution in [0.5, 0.6) is 11.6 Å². The smallest absolute Gasteiger partial charge is 0.267 e. The average Bonchev–Trinajstić information content (AvgIpc) is 3.29. The molecule has 0 bridgehead atoms. The fraction of sp³-hybridized carbons (Fsp3) is 0.417. The number of nitrogens with zero attached hydrogens (tertiary/aromatic N) is 4. The zero-order valence-electron chi connectivity index (χ0n) is 20.6. The number of sulfonamides is 1. The first-order valence-electron chi connectivity index (χ1n) is 11.7. The van der Waals surface area contributed by atoms with E-state index >= 15 is 0 Å². The van der Waals surface area contributed by atoms with Crippen molar-refractivity contribution in [3.63, 3.8) is 0 Å². The molecule has 11 nitrogen and oxygen atoms in total. The number of benzene rings is 1. The Morgan fingerprint density at radius 3 is 2.42 bits per heavy atom. The molecule has 2 unspecified atom stereocenters. The lowest BCUT2D eigenvalue weighted by Gasteiger charge is -2.42. The van der Waals surface area contributed by atoms with Crippen LogP contribution in [0, 0.1) is 11.8 Å². The largest absolute Gasteiger partial charge is 0.439 e. The predicted octanol–water partition coefficient (Wildman–Crippen LogP) is 2.81. The van der Waals surface area contributed by atoms with Crippen molar-refractivity contribution in [1.29, 1.82) is 0 Å². The highest BCUT2D eigenvalue weighted by molar-refractivity contribution is 7.92. The van der Waals surface area contributed by atoms with E-state index in [9.17, 15) is 18.3 Å². The number of aryl methyl sites for hydroxylation is 1. The normalized spacial score (nSPS) is 22.1. The van der Waals surface area contributed by atoms with Gasteiger partial charge in [-0.25, -0.2) is 18.1 Å². The highest BCUT2D eigenvalue weighted by atomic mass is 32.2. The Labute approximate surface area is 210 Å². The first-order chi connectivity index (χ1) is 17.0. The molecule has 192 valence electrons. The summed E-state index contributed by atoms with van der Waals surface area (Å²) in [7, 11) is -0.882. The number of carbonyl (C=O) groups is 1. The van der Waals surface area contributed by atoms with Crippen molar-refractivity contribution in [2.75, 3.05) is 11.8 Å². The predicted molar refractivity (Wildman–Crippen MR) is 132 cm³/mol. The number of aromatic nitrogens is 4. The second-order valence-corrected chi connectivity index (χ2v) is 10.8. The van der Waals surface area contributed by atoms with Crippen LogP contribution in [-0.2, 0) is 22.7 Å². The molecular weight excluding hydrogens is 484 g/mol. The minimum atomic E-state index is -4.03. The molecule has 0 saturated heterocycles. The van der Waals surface area contributed by atoms with Crippen molar-refractivity contribution in [3.8, 4) is 11.6 Å². The Morgan fingerprint density at radius 1 is 1.17 bits per heavy atom. The summed E-state index contributed by atoms with van der Waals surface area (Å²) in [5.41, 5.74) is -0.563. The second-order valence-electron chi connectivity index (χ2n) is 9.13. The van der Waals surface area contributed by atoms with Gasteiger partial charge in [0.25, 0.3) is 15.9 Å². The van der Waals surface area contributed by atoms with Gasteiger partial charge in [-0.15, -0.1) is 0 Å². The van der Waals surface area contributed by atoms with Crippen LogP contribution >= 0.6 is 0 Å². The van der Waals surface area contributed by atoms with Crippen LogP contribution in [0.25, 0.3) is 0 Å². The van der Waals surface area contributed by atoms with Gasteiger partial charge >= 0.3 is 0 Å². The molecule has 3 aromatic rings. The molecule has 2 aromatic heterocycles. The summed E-state index contributed by atoms with van der Waals surface area (Å²) in [6.07, 6.45) is 5.17. The van der Waals surface area contributed by atoms with Gasteiger partial charge in [-0.1, -0.05) is 20.3 Å². The molecule has 0 aliphatic heterocycles. The van der Waals surface area contributed by atoms with Gasteiger partial charge in [-0.2, -0.15) is 10.1 Å².